The van der Waals surface area contributed by atoms with E-state index in [1.54, 1.807) is 24.3 Å². The van der Waals surface area contributed by atoms with Crippen molar-refractivity contribution in [1.82, 2.24) is 5.32 Å². The van der Waals surface area contributed by atoms with Crippen LogP contribution in [0, 0.1) is 0 Å². The summed E-state index contributed by atoms with van der Waals surface area (Å²) in [5.74, 6) is -1.27. The third kappa shape index (κ3) is 5.96. The summed E-state index contributed by atoms with van der Waals surface area (Å²) < 4.78 is 33.6. The number of hydrogen-bond donors (Lipinski definition) is 2. The summed E-state index contributed by atoms with van der Waals surface area (Å²) in [6, 6.07) is 10.4. The number of hydrogen-bond acceptors (Lipinski definition) is 5. The SMILES string of the molecule is O=C(COC(=O)c1cc(S(=O)(=O)Nc2ccc(Br)cc2)ccc1Cl)NC1CCCC1. The first kappa shape index (κ1) is 22.6. The zero-order valence-corrected chi connectivity index (χ0v) is 19.0. The predicted octanol–water partition coefficient (Wildman–Crippen LogP) is 4.12. The van der Waals surface area contributed by atoms with Crippen LogP contribution in [0.4, 0.5) is 5.69 Å². The molecule has 0 atom stereocenters. The molecule has 0 spiro atoms. The van der Waals surface area contributed by atoms with Crippen molar-refractivity contribution in [2.75, 3.05) is 11.3 Å². The van der Waals surface area contributed by atoms with Gasteiger partial charge in [0, 0.05) is 16.2 Å². The number of amides is 1. The number of carbonyl (C=O) groups excluding carboxylic acids is 2. The number of carbonyl (C=O) groups is 2. The van der Waals surface area contributed by atoms with E-state index in [0.717, 1.165) is 36.2 Å². The van der Waals surface area contributed by atoms with Crippen molar-refractivity contribution in [1.29, 1.82) is 0 Å². The van der Waals surface area contributed by atoms with Crippen LogP contribution in [0.2, 0.25) is 5.02 Å². The van der Waals surface area contributed by atoms with Gasteiger partial charge in [0.1, 0.15) is 0 Å². The number of anilines is 1. The largest absolute Gasteiger partial charge is 0.452 e. The van der Waals surface area contributed by atoms with Gasteiger partial charge < -0.3 is 10.1 Å². The molecule has 0 saturated heterocycles. The Hall–Kier alpha value is -2.10. The van der Waals surface area contributed by atoms with Crippen LogP contribution in [0.1, 0.15) is 36.0 Å². The topological polar surface area (TPSA) is 102 Å². The second-order valence-electron chi connectivity index (χ2n) is 6.88. The molecule has 0 bridgehead atoms. The van der Waals surface area contributed by atoms with Gasteiger partial charge in [-0.3, -0.25) is 9.52 Å². The summed E-state index contributed by atoms with van der Waals surface area (Å²) in [6.07, 6.45) is 3.96. The normalized spacial score (nSPS) is 14.3. The van der Waals surface area contributed by atoms with Crippen LogP contribution in [0.25, 0.3) is 0 Å². The maximum Gasteiger partial charge on any atom is 0.340 e. The lowest BCUT2D eigenvalue weighted by Gasteiger charge is -2.13. The van der Waals surface area contributed by atoms with Crippen LogP contribution in [0.5, 0.6) is 0 Å². The molecule has 2 aromatic rings. The fraction of sp³-hybridized carbons (Fsp3) is 0.300. The molecule has 2 N–H and O–H groups in total. The van der Waals surface area contributed by atoms with Crippen molar-refractivity contribution in [2.45, 2.75) is 36.6 Å². The zero-order valence-electron chi connectivity index (χ0n) is 15.9. The molecule has 7 nitrogen and oxygen atoms in total. The number of ether oxygens (including phenoxy) is 1. The molecule has 0 aromatic heterocycles. The van der Waals surface area contributed by atoms with Gasteiger partial charge >= 0.3 is 5.97 Å². The molecule has 2 aromatic carbocycles. The fourth-order valence-corrected chi connectivity index (χ4v) is 4.65. The Labute approximate surface area is 188 Å². The smallest absolute Gasteiger partial charge is 0.340 e. The fourth-order valence-electron chi connectivity index (χ4n) is 3.11. The molecular weight excluding hydrogens is 496 g/mol. The van der Waals surface area contributed by atoms with Gasteiger partial charge in [-0.1, -0.05) is 40.4 Å². The van der Waals surface area contributed by atoms with Gasteiger partial charge in [0.05, 0.1) is 15.5 Å². The Morgan fingerprint density at radius 1 is 1.10 bits per heavy atom. The Balaban J connectivity index is 1.68. The average molecular weight is 516 g/mol. The van der Waals surface area contributed by atoms with E-state index in [4.69, 9.17) is 16.3 Å². The minimum atomic E-state index is -3.96. The highest BCUT2D eigenvalue weighted by Gasteiger charge is 2.22. The van der Waals surface area contributed by atoms with Gasteiger partial charge in [-0.05, 0) is 55.3 Å². The molecule has 1 fully saturated rings. The Morgan fingerprint density at radius 2 is 1.77 bits per heavy atom. The molecule has 0 aliphatic heterocycles. The summed E-state index contributed by atoms with van der Waals surface area (Å²) in [5, 5.41) is 2.84. The maximum atomic E-state index is 12.6. The summed E-state index contributed by atoms with van der Waals surface area (Å²) >= 11 is 9.33. The molecule has 1 saturated carbocycles. The van der Waals surface area contributed by atoms with Crippen LogP contribution in [0.3, 0.4) is 0 Å². The van der Waals surface area contributed by atoms with Gasteiger partial charge in [-0.2, -0.15) is 0 Å². The first-order chi connectivity index (χ1) is 14.2. The number of sulfonamides is 1. The van der Waals surface area contributed by atoms with Gasteiger partial charge in [-0.25, -0.2) is 13.2 Å². The second-order valence-corrected chi connectivity index (χ2v) is 9.88. The quantitative estimate of drug-likeness (QED) is 0.540. The number of esters is 1. The van der Waals surface area contributed by atoms with E-state index >= 15 is 0 Å². The lowest BCUT2D eigenvalue weighted by atomic mass is 10.2. The highest BCUT2D eigenvalue weighted by Crippen LogP contribution is 2.24. The summed E-state index contributed by atoms with van der Waals surface area (Å²) in [5.41, 5.74) is 0.227. The van der Waals surface area contributed by atoms with Crippen LogP contribution < -0.4 is 10.0 Å². The van der Waals surface area contributed by atoms with Crippen molar-refractivity contribution in [2.24, 2.45) is 0 Å². The van der Waals surface area contributed by atoms with Gasteiger partial charge in [0.2, 0.25) is 0 Å². The van der Waals surface area contributed by atoms with E-state index in [2.05, 4.69) is 26.0 Å². The third-order valence-corrected chi connectivity index (χ3v) is 6.86. The van der Waals surface area contributed by atoms with Gasteiger partial charge in [0.25, 0.3) is 15.9 Å². The van der Waals surface area contributed by atoms with E-state index in [9.17, 15) is 18.0 Å². The second kappa shape index (κ2) is 9.80. The highest BCUT2D eigenvalue weighted by atomic mass is 79.9. The van der Waals surface area contributed by atoms with E-state index in [1.165, 1.54) is 12.1 Å². The van der Waals surface area contributed by atoms with Gasteiger partial charge in [-0.15, -0.1) is 0 Å². The first-order valence-electron chi connectivity index (χ1n) is 9.29. The predicted molar refractivity (Wildman–Crippen MR) is 117 cm³/mol. The maximum absolute atomic E-state index is 12.6. The van der Waals surface area contributed by atoms with Crippen molar-refractivity contribution in [3.8, 4) is 0 Å². The van der Waals surface area contributed by atoms with Crippen molar-refractivity contribution in [3.63, 3.8) is 0 Å². The van der Waals surface area contributed by atoms with E-state index in [0.29, 0.717) is 5.69 Å². The first-order valence-corrected chi connectivity index (χ1v) is 11.9. The minimum Gasteiger partial charge on any atom is -0.452 e. The van der Waals surface area contributed by atoms with E-state index in [-0.39, 0.29) is 21.5 Å². The number of halogens is 2. The summed E-state index contributed by atoms with van der Waals surface area (Å²) in [6.45, 7) is -0.459. The molecule has 1 aliphatic carbocycles. The molecule has 10 heteroatoms. The molecule has 0 unspecified atom stereocenters. The molecule has 1 amide bonds. The number of rotatable bonds is 7. The van der Waals surface area contributed by atoms with Crippen molar-refractivity contribution < 1.29 is 22.7 Å². The van der Waals surface area contributed by atoms with Crippen molar-refractivity contribution >= 4 is 55.1 Å². The Bertz CT molecular complexity index is 1040. The molecule has 160 valence electrons. The highest BCUT2D eigenvalue weighted by molar-refractivity contribution is 9.10. The molecule has 3 rings (SSSR count). The van der Waals surface area contributed by atoms with Gasteiger partial charge in [0.15, 0.2) is 6.61 Å². The molecule has 30 heavy (non-hydrogen) atoms. The Kier molecular flexibility index (Phi) is 7.38. The number of nitrogens with one attached hydrogen (secondary N) is 2. The van der Waals surface area contributed by atoms with Crippen LogP contribution in [-0.2, 0) is 19.6 Å². The summed E-state index contributed by atoms with van der Waals surface area (Å²) in [7, 11) is -3.96. The minimum absolute atomic E-state index is 0.0267. The molecule has 1 aliphatic rings. The third-order valence-electron chi connectivity index (χ3n) is 4.62. The molecule has 0 radical (unpaired) electrons. The lowest BCUT2D eigenvalue weighted by molar-refractivity contribution is -0.124. The van der Waals surface area contributed by atoms with Crippen LogP contribution in [0.15, 0.2) is 51.8 Å². The van der Waals surface area contributed by atoms with E-state index < -0.39 is 28.5 Å². The number of benzene rings is 2. The van der Waals surface area contributed by atoms with E-state index in [1.807, 2.05) is 0 Å². The Morgan fingerprint density at radius 3 is 2.43 bits per heavy atom. The molecular formula is C20H20BrClN2O5S. The van der Waals surface area contributed by atoms with Crippen LogP contribution >= 0.6 is 27.5 Å². The van der Waals surface area contributed by atoms with Crippen LogP contribution in [-0.4, -0.2) is 32.9 Å². The monoisotopic (exact) mass is 514 g/mol. The lowest BCUT2D eigenvalue weighted by Crippen LogP contribution is -2.35. The summed E-state index contributed by atoms with van der Waals surface area (Å²) in [4.78, 5) is 24.2. The average Bonchev–Trinajstić information content (AvgIpc) is 3.21. The van der Waals surface area contributed by atoms with Crippen molar-refractivity contribution in [3.05, 3.63) is 57.5 Å². The molecule has 0 heterocycles. The standard InChI is InChI=1S/C20H20BrClN2O5S/c21-13-5-7-15(8-6-13)24-30(27,28)16-9-10-18(22)17(11-16)20(26)29-12-19(25)23-14-3-1-2-4-14/h5-11,14,24H,1-4,12H2,(H,23,25). The zero-order chi connectivity index (χ0) is 21.7.